The Morgan fingerprint density at radius 1 is 0.971 bits per heavy atom. The average molecular weight is 500 g/mol. The van der Waals surface area contributed by atoms with E-state index in [9.17, 15) is 13.2 Å². The van der Waals surface area contributed by atoms with Crippen molar-refractivity contribution in [3.63, 3.8) is 0 Å². The zero-order valence-corrected chi connectivity index (χ0v) is 20.5. The molecule has 34 heavy (non-hydrogen) atoms. The first-order valence-corrected chi connectivity index (χ1v) is 14.3. The van der Waals surface area contributed by atoms with Crippen LogP contribution in [0.2, 0.25) is 0 Å². The minimum atomic E-state index is -3.51. The van der Waals surface area contributed by atoms with Crippen molar-refractivity contribution in [1.29, 1.82) is 0 Å². The van der Waals surface area contributed by atoms with Crippen molar-refractivity contribution in [3.8, 4) is 0 Å². The van der Waals surface area contributed by atoms with Gasteiger partial charge in [0.2, 0.25) is 10.0 Å². The van der Waals surface area contributed by atoms with Crippen LogP contribution in [-0.4, -0.2) is 25.6 Å². The van der Waals surface area contributed by atoms with Crippen LogP contribution in [0.1, 0.15) is 61.1 Å². The Labute approximate surface area is 204 Å². The highest BCUT2D eigenvalue weighted by molar-refractivity contribution is 7.99. The fourth-order valence-corrected chi connectivity index (χ4v) is 6.91. The van der Waals surface area contributed by atoms with Crippen molar-refractivity contribution < 1.29 is 17.6 Å². The topological polar surface area (TPSA) is 100 Å². The minimum Gasteiger partial charge on any atom is -0.451 e. The summed E-state index contributed by atoms with van der Waals surface area (Å²) >= 11 is 1.91. The molecule has 2 aliphatic rings. The number of sulfonamides is 1. The first-order chi connectivity index (χ1) is 16.5. The van der Waals surface area contributed by atoms with Gasteiger partial charge in [0.05, 0.1) is 10.6 Å². The number of benzene rings is 2. The Hall–Kier alpha value is -2.49. The van der Waals surface area contributed by atoms with Gasteiger partial charge in [-0.2, -0.15) is 11.8 Å². The van der Waals surface area contributed by atoms with Gasteiger partial charge < -0.3 is 4.42 Å². The molecule has 1 aromatic heterocycles. The molecule has 3 N–H and O–H groups in total. The van der Waals surface area contributed by atoms with Crippen molar-refractivity contribution in [3.05, 3.63) is 59.9 Å². The number of fused-ring (bicyclic) bond motifs is 1. The number of furan rings is 1. The molecule has 7 nitrogen and oxygen atoms in total. The molecule has 0 radical (unpaired) electrons. The SMILES string of the molecule is O=C(NNc1ccc(S(=O)(=O)NC2CC2)cc1)c1oc2ccccc2c1CSC1CCCCC1. The third-order valence-electron chi connectivity index (χ3n) is 6.30. The van der Waals surface area contributed by atoms with E-state index >= 15 is 0 Å². The maximum Gasteiger partial charge on any atom is 0.305 e. The summed E-state index contributed by atoms with van der Waals surface area (Å²) in [6, 6.07) is 14.1. The second kappa shape index (κ2) is 10.0. The largest absolute Gasteiger partial charge is 0.451 e. The number of hydrazine groups is 1. The number of rotatable bonds is 9. The Kier molecular flexibility index (Phi) is 6.85. The Morgan fingerprint density at radius 2 is 1.71 bits per heavy atom. The van der Waals surface area contributed by atoms with E-state index in [0.717, 1.165) is 29.5 Å². The minimum absolute atomic E-state index is 0.0522. The molecule has 3 aromatic rings. The smallest absolute Gasteiger partial charge is 0.305 e. The summed E-state index contributed by atoms with van der Waals surface area (Å²) in [5.41, 5.74) is 7.76. The lowest BCUT2D eigenvalue weighted by Crippen LogP contribution is -2.30. The molecule has 0 bridgehead atoms. The number of hydrogen-bond donors (Lipinski definition) is 3. The van der Waals surface area contributed by atoms with E-state index in [0.29, 0.717) is 22.3 Å². The predicted octanol–water partition coefficient (Wildman–Crippen LogP) is 5.20. The van der Waals surface area contributed by atoms with Gasteiger partial charge >= 0.3 is 5.91 Å². The predicted molar refractivity (Wildman–Crippen MR) is 135 cm³/mol. The van der Waals surface area contributed by atoms with Crippen LogP contribution in [0.15, 0.2) is 57.8 Å². The normalized spacial score (nSPS) is 17.1. The Bertz CT molecular complexity index is 1260. The fraction of sp³-hybridized carbons (Fsp3) is 0.400. The third-order valence-corrected chi connectivity index (χ3v) is 9.24. The molecule has 2 aromatic carbocycles. The van der Waals surface area contributed by atoms with Gasteiger partial charge in [-0.15, -0.1) is 0 Å². The van der Waals surface area contributed by atoms with Crippen LogP contribution in [0.25, 0.3) is 11.0 Å². The lowest BCUT2D eigenvalue weighted by molar-refractivity contribution is 0.0936. The number of hydrogen-bond acceptors (Lipinski definition) is 6. The van der Waals surface area contributed by atoms with Crippen molar-refractivity contribution in [2.24, 2.45) is 0 Å². The molecular weight excluding hydrogens is 470 g/mol. The van der Waals surface area contributed by atoms with Gasteiger partial charge in [0.15, 0.2) is 5.76 Å². The molecule has 0 spiro atoms. The standard InChI is InChI=1S/C25H29N3O4S2/c29-25(27-26-17-12-14-20(15-13-17)34(30,31)28-18-10-11-18)24-22(16-33-19-6-2-1-3-7-19)21-8-4-5-9-23(21)32-24/h4-5,8-9,12-15,18-19,26,28H,1-3,6-7,10-11,16H2,(H,27,29). The zero-order chi connectivity index (χ0) is 23.5. The molecule has 9 heteroatoms. The van der Waals surface area contributed by atoms with E-state index in [1.54, 1.807) is 12.1 Å². The third kappa shape index (κ3) is 5.42. The lowest BCUT2D eigenvalue weighted by Gasteiger charge is -2.20. The molecule has 1 amide bonds. The molecule has 180 valence electrons. The van der Waals surface area contributed by atoms with E-state index in [1.165, 1.54) is 44.2 Å². The summed E-state index contributed by atoms with van der Waals surface area (Å²) in [5.74, 6) is 0.678. The van der Waals surface area contributed by atoms with E-state index in [2.05, 4.69) is 15.6 Å². The highest BCUT2D eigenvalue weighted by atomic mass is 32.2. The van der Waals surface area contributed by atoms with Crippen LogP contribution in [0.3, 0.4) is 0 Å². The van der Waals surface area contributed by atoms with Crippen LogP contribution < -0.4 is 15.6 Å². The number of nitrogens with one attached hydrogen (secondary N) is 3. The first kappa shape index (κ1) is 23.3. The summed E-state index contributed by atoms with van der Waals surface area (Å²) in [5, 5.41) is 1.59. The number of para-hydroxylation sites is 1. The van der Waals surface area contributed by atoms with Crippen LogP contribution >= 0.6 is 11.8 Å². The van der Waals surface area contributed by atoms with Gasteiger partial charge in [0.25, 0.3) is 0 Å². The summed E-state index contributed by atoms with van der Waals surface area (Å²) < 4.78 is 33.3. The molecule has 0 unspecified atom stereocenters. The molecule has 0 saturated heterocycles. The average Bonchev–Trinajstić information content (AvgIpc) is 3.58. The molecule has 1 heterocycles. The summed E-state index contributed by atoms with van der Waals surface area (Å²) in [7, 11) is -3.51. The summed E-state index contributed by atoms with van der Waals surface area (Å²) in [4.78, 5) is 13.2. The number of thioether (sulfide) groups is 1. The van der Waals surface area contributed by atoms with Gasteiger partial charge in [0, 0.05) is 28.0 Å². The second-order valence-electron chi connectivity index (χ2n) is 8.98. The van der Waals surface area contributed by atoms with Crippen molar-refractivity contribution in [1.82, 2.24) is 10.1 Å². The number of anilines is 1. The quantitative estimate of drug-likeness (QED) is 0.350. The van der Waals surface area contributed by atoms with Gasteiger partial charge in [0.1, 0.15) is 5.58 Å². The molecule has 2 fully saturated rings. The molecular formula is C25H29N3O4S2. The number of carbonyl (C=O) groups is 1. The Morgan fingerprint density at radius 3 is 2.44 bits per heavy atom. The summed E-state index contributed by atoms with van der Waals surface area (Å²) in [6.07, 6.45) is 8.09. The van der Waals surface area contributed by atoms with E-state index in [1.807, 2.05) is 36.0 Å². The number of amides is 1. The Balaban J connectivity index is 1.26. The van der Waals surface area contributed by atoms with Crippen molar-refractivity contribution in [2.45, 2.75) is 66.9 Å². The van der Waals surface area contributed by atoms with Crippen molar-refractivity contribution in [2.75, 3.05) is 5.43 Å². The van der Waals surface area contributed by atoms with E-state index in [-0.39, 0.29) is 16.8 Å². The second-order valence-corrected chi connectivity index (χ2v) is 12.0. The maximum atomic E-state index is 13.0. The molecule has 2 saturated carbocycles. The van der Waals surface area contributed by atoms with Gasteiger partial charge in [-0.05, 0) is 56.0 Å². The molecule has 0 atom stereocenters. The van der Waals surface area contributed by atoms with Crippen molar-refractivity contribution >= 4 is 44.3 Å². The van der Waals surface area contributed by atoms with Crippen LogP contribution in [0.5, 0.6) is 0 Å². The van der Waals surface area contributed by atoms with E-state index in [4.69, 9.17) is 4.42 Å². The molecule has 2 aliphatic carbocycles. The molecule has 5 rings (SSSR count). The summed E-state index contributed by atoms with van der Waals surface area (Å²) in [6.45, 7) is 0. The monoisotopic (exact) mass is 499 g/mol. The van der Waals surface area contributed by atoms with Crippen LogP contribution in [0, 0.1) is 0 Å². The first-order valence-electron chi connectivity index (χ1n) is 11.8. The molecule has 0 aliphatic heterocycles. The van der Waals surface area contributed by atoms with Gasteiger partial charge in [-0.1, -0.05) is 37.5 Å². The van der Waals surface area contributed by atoms with Gasteiger partial charge in [-0.3, -0.25) is 15.6 Å². The van der Waals surface area contributed by atoms with Crippen LogP contribution in [-0.2, 0) is 15.8 Å². The number of carbonyl (C=O) groups excluding carboxylic acids is 1. The fourth-order valence-electron chi connectivity index (χ4n) is 4.25. The van der Waals surface area contributed by atoms with Gasteiger partial charge in [-0.25, -0.2) is 13.1 Å². The highest BCUT2D eigenvalue weighted by Crippen LogP contribution is 2.35. The zero-order valence-electron chi connectivity index (χ0n) is 18.9. The highest BCUT2D eigenvalue weighted by Gasteiger charge is 2.28. The van der Waals surface area contributed by atoms with E-state index < -0.39 is 10.0 Å². The maximum absolute atomic E-state index is 13.0. The lowest BCUT2D eigenvalue weighted by atomic mass is 10.0. The van der Waals surface area contributed by atoms with Crippen LogP contribution in [0.4, 0.5) is 5.69 Å².